The average molecular weight is 277 g/mol. The van der Waals surface area contributed by atoms with E-state index in [0.717, 1.165) is 37.9 Å². The van der Waals surface area contributed by atoms with Gasteiger partial charge in [0.25, 0.3) is 0 Å². The molecule has 0 radical (unpaired) electrons. The molecule has 2 unspecified atom stereocenters. The lowest BCUT2D eigenvalue weighted by atomic mass is 9.95. The van der Waals surface area contributed by atoms with Crippen molar-refractivity contribution in [3.05, 3.63) is 18.1 Å². The van der Waals surface area contributed by atoms with Crippen LogP contribution in [0.3, 0.4) is 0 Å². The highest BCUT2D eigenvalue weighted by atomic mass is 16.5. The zero-order valence-electron chi connectivity index (χ0n) is 12.0. The van der Waals surface area contributed by atoms with Crippen LogP contribution in [0.15, 0.2) is 12.4 Å². The zero-order valence-corrected chi connectivity index (χ0v) is 12.0. The third-order valence-electron chi connectivity index (χ3n) is 4.01. The van der Waals surface area contributed by atoms with Gasteiger partial charge >= 0.3 is 0 Å². The van der Waals surface area contributed by atoms with E-state index >= 15 is 0 Å². The number of hydrogen-bond donors (Lipinski definition) is 1. The van der Waals surface area contributed by atoms with Crippen molar-refractivity contribution in [2.75, 3.05) is 7.11 Å². The fourth-order valence-corrected chi connectivity index (χ4v) is 2.66. The van der Waals surface area contributed by atoms with E-state index in [1.165, 1.54) is 12.8 Å². The normalized spacial score (nSPS) is 26.4. The second-order valence-corrected chi connectivity index (χ2v) is 5.77. The summed E-state index contributed by atoms with van der Waals surface area (Å²) in [4.78, 5) is 8.76. The Kier molecular flexibility index (Phi) is 4.47. The molecule has 2 saturated carbocycles. The lowest BCUT2D eigenvalue weighted by Gasteiger charge is -2.28. The standard InChI is InChI=1S/C15H23N3O2/c1-19-13-3-2-4-14(7-13)20-15-10-16-8-12(18-15)9-17-11-5-6-11/h8,10-11,13-14,17H,2-7,9H2,1H3. The van der Waals surface area contributed by atoms with Crippen LogP contribution in [0.5, 0.6) is 5.88 Å². The van der Waals surface area contributed by atoms with Gasteiger partial charge in [-0.15, -0.1) is 0 Å². The van der Waals surface area contributed by atoms with E-state index in [-0.39, 0.29) is 6.10 Å². The van der Waals surface area contributed by atoms with Gasteiger partial charge in [0.2, 0.25) is 5.88 Å². The van der Waals surface area contributed by atoms with E-state index in [4.69, 9.17) is 9.47 Å². The van der Waals surface area contributed by atoms with Gasteiger partial charge in [-0.2, -0.15) is 0 Å². The predicted molar refractivity (Wildman–Crippen MR) is 75.6 cm³/mol. The minimum Gasteiger partial charge on any atom is -0.473 e. The van der Waals surface area contributed by atoms with Crippen LogP contribution in [-0.4, -0.2) is 35.3 Å². The molecule has 2 aliphatic carbocycles. The van der Waals surface area contributed by atoms with Gasteiger partial charge in [0.1, 0.15) is 6.10 Å². The van der Waals surface area contributed by atoms with Crippen molar-refractivity contribution in [1.29, 1.82) is 0 Å². The lowest BCUT2D eigenvalue weighted by Crippen LogP contribution is -2.29. The van der Waals surface area contributed by atoms with Gasteiger partial charge in [-0.25, -0.2) is 4.98 Å². The number of methoxy groups -OCH3 is 1. The number of hydrogen-bond acceptors (Lipinski definition) is 5. The summed E-state index contributed by atoms with van der Waals surface area (Å²) in [6.45, 7) is 0.778. The molecule has 1 N–H and O–H groups in total. The van der Waals surface area contributed by atoms with E-state index < -0.39 is 0 Å². The van der Waals surface area contributed by atoms with E-state index in [1.807, 2.05) is 0 Å². The number of aromatic nitrogens is 2. The molecule has 1 aromatic rings. The Hall–Kier alpha value is -1.20. The van der Waals surface area contributed by atoms with Crippen LogP contribution in [0.4, 0.5) is 0 Å². The van der Waals surface area contributed by atoms with Crippen LogP contribution >= 0.6 is 0 Å². The van der Waals surface area contributed by atoms with Crippen LogP contribution < -0.4 is 10.1 Å². The fourth-order valence-electron chi connectivity index (χ4n) is 2.66. The third-order valence-corrected chi connectivity index (χ3v) is 4.01. The first-order valence-electron chi connectivity index (χ1n) is 7.57. The lowest BCUT2D eigenvalue weighted by molar-refractivity contribution is 0.0193. The first-order chi connectivity index (χ1) is 9.83. The zero-order chi connectivity index (χ0) is 13.8. The second-order valence-electron chi connectivity index (χ2n) is 5.77. The molecule has 5 heteroatoms. The van der Waals surface area contributed by atoms with Crippen molar-refractivity contribution in [2.45, 2.75) is 63.3 Å². The van der Waals surface area contributed by atoms with E-state index in [9.17, 15) is 0 Å². The van der Waals surface area contributed by atoms with E-state index in [0.29, 0.717) is 18.0 Å². The van der Waals surface area contributed by atoms with Crippen molar-refractivity contribution in [1.82, 2.24) is 15.3 Å². The SMILES string of the molecule is COC1CCCC(Oc2cncc(CNC3CC3)n2)C1. The van der Waals surface area contributed by atoms with Crippen molar-refractivity contribution in [3.63, 3.8) is 0 Å². The Morgan fingerprint density at radius 2 is 2.05 bits per heavy atom. The highest BCUT2D eigenvalue weighted by molar-refractivity contribution is 5.09. The molecule has 2 fully saturated rings. The fraction of sp³-hybridized carbons (Fsp3) is 0.733. The number of nitrogens with one attached hydrogen (secondary N) is 1. The molecule has 0 saturated heterocycles. The molecule has 2 atom stereocenters. The van der Waals surface area contributed by atoms with Crippen molar-refractivity contribution < 1.29 is 9.47 Å². The summed E-state index contributed by atoms with van der Waals surface area (Å²) in [6, 6.07) is 0.683. The number of ether oxygens (including phenoxy) is 2. The van der Waals surface area contributed by atoms with Crippen LogP contribution in [0, 0.1) is 0 Å². The largest absolute Gasteiger partial charge is 0.473 e. The second kappa shape index (κ2) is 6.50. The van der Waals surface area contributed by atoms with Crippen LogP contribution in [0.1, 0.15) is 44.2 Å². The maximum absolute atomic E-state index is 5.97. The van der Waals surface area contributed by atoms with Crippen LogP contribution in [0.2, 0.25) is 0 Å². The molecule has 3 rings (SSSR count). The van der Waals surface area contributed by atoms with Crippen molar-refractivity contribution in [2.24, 2.45) is 0 Å². The van der Waals surface area contributed by atoms with Gasteiger partial charge in [-0.1, -0.05) is 0 Å². The highest BCUT2D eigenvalue weighted by Gasteiger charge is 2.24. The van der Waals surface area contributed by atoms with Gasteiger partial charge in [-0.05, 0) is 32.1 Å². The Balaban J connectivity index is 1.54. The van der Waals surface area contributed by atoms with Crippen LogP contribution in [0.25, 0.3) is 0 Å². The molecular formula is C15H23N3O2. The molecule has 5 nitrogen and oxygen atoms in total. The average Bonchev–Trinajstić information content (AvgIpc) is 3.30. The molecule has 1 aromatic heterocycles. The van der Waals surface area contributed by atoms with Crippen molar-refractivity contribution in [3.8, 4) is 5.88 Å². The Labute approximate surface area is 120 Å². The molecule has 0 bridgehead atoms. The van der Waals surface area contributed by atoms with Gasteiger partial charge in [0, 0.05) is 32.3 Å². The Morgan fingerprint density at radius 3 is 2.85 bits per heavy atom. The van der Waals surface area contributed by atoms with E-state index in [1.54, 1.807) is 19.5 Å². The molecule has 2 aliphatic rings. The summed E-state index contributed by atoms with van der Waals surface area (Å²) in [5.41, 5.74) is 0.952. The molecular weight excluding hydrogens is 254 g/mol. The van der Waals surface area contributed by atoms with Gasteiger partial charge in [0.05, 0.1) is 18.0 Å². The smallest absolute Gasteiger partial charge is 0.232 e. The summed E-state index contributed by atoms with van der Waals surface area (Å²) < 4.78 is 11.4. The minimum absolute atomic E-state index is 0.203. The Morgan fingerprint density at radius 1 is 1.20 bits per heavy atom. The molecule has 0 spiro atoms. The maximum atomic E-state index is 5.97. The minimum atomic E-state index is 0.203. The summed E-state index contributed by atoms with van der Waals surface area (Å²) in [5.74, 6) is 0.641. The topological polar surface area (TPSA) is 56.3 Å². The molecule has 0 aromatic carbocycles. The number of rotatable bonds is 6. The number of nitrogens with zero attached hydrogens (tertiary/aromatic N) is 2. The maximum Gasteiger partial charge on any atom is 0.232 e. The van der Waals surface area contributed by atoms with E-state index in [2.05, 4.69) is 15.3 Å². The summed E-state index contributed by atoms with van der Waals surface area (Å²) in [6.07, 6.45) is 10.9. The Bertz CT molecular complexity index is 437. The molecule has 0 amide bonds. The molecule has 0 aliphatic heterocycles. The van der Waals surface area contributed by atoms with Gasteiger partial charge < -0.3 is 14.8 Å². The predicted octanol–water partition coefficient (Wildman–Crippen LogP) is 2.06. The first-order valence-corrected chi connectivity index (χ1v) is 7.57. The van der Waals surface area contributed by atoms with Gasteiger partial charge in [-0.3, -0.25) is 4.98 Å². The molecule has 110 valence electrons. The monoisotopic (exact) mass is 277 g/mol. The summed E-state index contributed by atoms with van der Waals surface area (Å²) in [5, 5.41) is 3.44. The highest BCUT2D eigenvalue weighted by Crippen LogP contribution is 2.24. The van der Waals surface area contributed by atoms with Gasteiger partial charge in [0.15, 0.2) is 0 Å². The van der Waals surface area contributed by atoms with Crippen molar-refractivity contribution >= 4 is 0 Å². The molecule has 1 heterocycles. The van der Waals surface area contributed by atoms with Crippen LogP contribution in [-0.2, 0) is 11.3 Å². The molecule has 20 heavy (non-hydrogen) atoms. The summed E-state index contributed by atoms with van der Waals surface area (Å²) >= 11 is 0. The third kappa shape index (κ3) is 3.90. The first kappa shape index (κ1) is 13.8. The summed E-state index contributed by atoms with van der Waals surface area (Å²) in [7, 11) is 1.77. The quantitative estimate of drug-likeness (QED) is 0.862.